The summed E-state index contributed by atoms with van der Waals surface area (Å²) in [5, 5.41) is 25.8. The normalized spacial score (nSPS) is 11.3. The largest absolute Gasteiger partial charge is 0.456 e. The van der Waals surface area contributed by atoms with Crippen LogP contribution in [0, 0.1) is 22.7 Å². The number of rotatable bonds is 3. The molecule has 0 aliphatic rings. The van der Waals surface area contributed by atoms with Crippen molar-refractivity contribution in [1.82, 2.24) is 0 Å². The van der Waals surface area contributed by atoms with Gasteiger partial charge >= 0.3 is 0 Å². The fourth-order valence-corrected chi connectivity index (χ4v) is 7.41. The van der Waals surface area contributed by atoms with Gasteiger partial charge in [-0.2, -0.15) is 10.5 Å². The van der Waals surface area contributed by atoms with Crippen LogP contribution in [0.3, 0.4) is 0 Å². The molecule has 0 N–H and O–H groups in total. The molecule has 4 heteroatoms. The zero-order chi connectivity index (χ0) is 28.2. The van der Waals surface area contributed by atoms with Crippen molar-refractivity contribution in [2.24, 2.45) is 0 Å². The molecule has 194 valence electrons. The van der Waals surface area contributed by atoms with Crippen molar-refractivity contribution in [2.75, 3.05) is 0 Å². The van der Waals surface area contributed by atoms with Crippen molar-refractivity contribution >= 4 is 53.4 Å². The average molecular weight is 553 g/mol. The van der Waals surface area contributed by atoms with Crippen molar-refractivity contribution in [3.05, 3.63) is 132 Å². The number of benzene rings is 6. The van der Waals surface area contributed by atoms with E-state index in [-0.39, 0.29) is 0 Å². The molecular formula is C38H20N2OS. The molecule has 0 radical (unpaired) electrons. The molecule has 2 heterocycles. The Labute approximate surface area is 245 Å². The molecule has 0 spiro atoms. The summed E-state index contributed by atoms with van der Waals surface area (Å²) in [5.41, 5.74) is 7.50. The minimum atomic E-state index is 0.481. The zero-order valence-corrected chi connectivity index (χ0v) is 23.1. The standard InChI is InChI=1S/C38H20N2OS/c39-21-31-29(23-10-2-1-3-11-23)20-30(25-14-9-18-34-37(25)27-13-4-6-17-33(27)41-34)32(22-40)36(31)28-16-8-15-26-24-12-5-7-19-35(24)42-38(26)28/h1-20H. The molecular weight excluding hydrogens is 532 g/mol. The van der Waals surface area contributed by atoms with Gasteiger partial charge < -0.3 is 4.42 Å². The topological polar surface area (TPSA) is 60.7 Å². The van der Waals surface area contributed by atoms with Gasteiger partial charge in [-0.1, -0.05) is 97.1 Å². The molecule has 0 fully saturated rings. The third-order valence-electron chi connectivity index (χ3n) is 8.00. The van der Waals surface area contributed by atoms with E-state index in [1.54, 1.807) is 11.3 Å². The Morgan fingerprint density at radius 2 is 1.17 bits per heavy atom. The van der Waals surface area contributed by atoms with Crippen LogP contribution < -0.4 is 0 Å². The summed E-state index contributed by atoms with van der Waals surface area (Å²) < 4.78 is 8.46. The van der Waals surface area contributed by atoms with E-state index >= 15 is 0 Å². The van der Waals surface area contributed by atoms with Crippen LogP contribution in [0.4, 0.5) is 0 Å². The summed E-state index contributed by atoms with van der Waals surface area (Å²) in [7, 11) is 0. The molecule has 0 bridgehead atoms. The average Bonchev–Trinajstić information content (AvgIpc) is 3.63. The van der Waals surface area contributed by atoms with Gasteiger partial charge in [-0.3, -0.25) is 0 Å². The van der Waals surface area contributed by atoms with Crippen LogP contribution in [0.15, 0.2) is 126 Å². The lowest BCUT2D eigenvalue weighted by Crippen LogP contribution is -1.98. The van der Waals surface area contributed by atoms with E-state index in [0.717, 1.165) is 59.8 Å². The summed E-state index contributed by atoms with van der Waals surface area (Å²) >= 11 is 1.70. The maximum absolute atomic E-state index is 10.9. The molecule has 42 heavy (non-hydrogen) atoms. The Morgan fingerprint density at radius 1 is 0.524 bits per heavy atom. The van der Waals surface area contributed by atoms with Crippen molar-refractivity contribution < 1.29 is 4.42 Å². The van der Waals surface area contributed by atoms with E-state index in [4.69, 9.17) is 4.42 Å². The van der Waals surface area contributed by atoms with Gasteiger partial charge in [0.2, 0.25) is 0 Å². The van der Waals surface area contributed by atoms with Gasteiger partial charge in [-0.25, -0.2) is 0 Å². The lowest BCUT2D eigenvalue weighted by atomic mass is 9.83. The first-order valence-electron chi connectivity index (χ1n) is 13.6. The molecule has 0 aliphatic heterocycles. The fourth-order valence-electron chi connectivity index (χ4n) is 6.19. The third kappa shape index (κ3) is 3.50. The Kier molecular flexibility index (Phi) is 5.44. The Morgan fingerprint density at radius 3 is 2.00 bits per heavy atom. The summed E-state index contributed by atoms with van der Waals surface area (Å²) in [5.74, 6) is 0. The first-order valence-corrected chi connectivity index (χ1v) is 14.5. The van der Waals surface area contributed by atoms with E-state index in [0.29, 0.717) is 16.7 Å². The number of fused-ring (bicyclic) bond motifs is 6. The van der Waals surface area contributed by atoms with Crippen LogP contribution in [-0.2, 0) is 0 Å². The second kappa shape index (κ2) is 9.46. The number of nitrogens with zero attached hydrogens (tertiary/aromatic N) is 2. The number of hydrogen-bond acceptors (Lipinski definition) is 4. The molecule has 0 saturated carbocycles. The SMILES string of the molecule is N#Cc1c(-c2ccccc2)cc(-c2cccc3oc4ccccc4c23)c(C#N)c1-c1cccc2c1sc1ccccc12. The first kappa shape index (κ1) is 24.1. The van der Waals surface area contributed by atoms with Crippen molar-refractivity contribution in [3.63, 3.8) is 0 Å². The number of furan rings is 1. The van der Waals surface area contributed by atoms with Gasteiger partial charge in [0.25, 0.3) is 0 Å². The molecule has 0 atom stereocenters. The lowest BCUT2D eigenvalue weighted by Gasteiger charge is -2.18. The smallest absolute Gasteiger partial charge is 0.136 e. The third-order valence-corrected chi connectivity index (χ3v) is 9.22. The molecule has 2 aromatic heterocycles. The van der Waals surface area contributed by atoms with E-state index in [1.165, 1.54) is 10.1 Å². The number of thiophene rings is 1. The molecule has 0 amide bonds. The summed E-state index contributed by atoms with van der Waals surface area (Å²) in [4.78, 5) is 0. The van der Waals surface area contributed by atoms with Crippen LogP contribution in [0.25, 0.3) is 75.5 Å². The zero-order valence-electron chi connectivity index (χ0n) is 22.3. The maximum atomic E-state index is 10.9. The Balaban J connectivity index is 1.56. The van der Waals surface area contributed by atoms with Gasteiger partial charge in [-0.15, -0.1) is 11.3 Å². The highest BCUT2D eigenvalue weighted by Crippen LogP contribution is 2.47. The van der Waals surface area contributed by atoms with Gasteiger partial charge in [0.15, 0.2) is 0 Å². The van der Waals surface area contributed by atoms with Crippen LogP contribution >= 0.6 is 11.3 Å². The summed E-state index contributed by atoms with van der Waals surface area (Å²) in [6.45, 7) is 0. The molecule has 0 aliphatic carbocycles. The van der Waals surface area contributed by atoms with Gasteiger partial charge in [0.05, 0.1) is 11.1 Å². The molecule has 3 nitrogen and oxygen atoms in total. The minimum Gasteiger partial charge on any atom is -0.456 e. The first-order chi connectivity index (χ1) is 20.8. The molecule has 6 aromatic carbocycles. The maximum Gasteiger partial charge on any atom is 0.136 e. The summed E-state index contributed by atoms with van der Waals surface area (Å²) in [6.07, 6.45) is 0. The van der Waals surface area contributed by atoms with E-state index in [9.17, 15) is 10.5 Å². The molecule has 8 rings (SSSR count). The van der Waals surface area contributed by atoms with Crippen LogP contribution in [0.5, 0.6) is 0 Å². The fraction of sp³-hybridized carbons (Fsp3) is 0. The summed E-state index contributed by atoms with van der Waals surface area (Å²) in [6, 6.07) is 45.5. The predicted molar refractivity (Wildman–Crippen MR) is 172 cm³/mol. The van der Waals surface area contributed by atoms with E-state index < -0.39 is 0 Å². The van der Waals surface area contributed by atoms with E-state index in [1.807, 2.05) is 97.1 Å². The van der Waals surface area contributed by atoms with Crippen LogP contribution in [-0.4, -0.2) is 0 Å². The monoisotopic (exact) mass is 552 g/mol. The highest BCUT2D eigenvalue weighted by atomic mass is 32.1. The molecule has 0 saturated heterocycles. The quantitative estimate of drug-likeness (QED) is 0.219. The lowest BCUT2D eigenvalue weighted by molar-refractivity contribution is 0.669. The number of nitriles is 2. The number of para-hydroxylation sites is 1. The predicted octanol–water partition coefficient (Wildman–Crippen LogP) is 10.7. The highest BCUT2D eigenvalue weighted by molar-refractivity contribution is 7.26. The Hall–Kier alpha value is -5.68. The van der Waals surface area contributed by atoms with Crippen molar-refractivity contribution in [1.29, 1.82) is 10.5 Å². The van der Waals surface area contributed by atoms with Crippen molar-refractivity contribution in [2.45, 2.75) is 0 Å². The highest BCUT2D eigenvalue weighted by Gasteiger charge is 2.25. The van der Waals surface area contributed by atoms with Gasteiger partial charge in [0, 0.05) is 53.2 Å². The van der Waals surface area contributed by atoms with Crippen molar-refractivity contribution in [3.8, 4) is 45.5 Å². The second-order valence-electron chi connectivity index (χ2n) is 10.2. The van der Waals surface area contributed by atoms with Gasteiger partial charge in [-0.05, 0) is 35.4 Å². The molecule has 0 unspecified atom stereocenters. The van der Waals surface area contributed by atoms with Crippen LogP contribution in [0.2, 0.25) is 0 Å². The second-order valence-corrected chi connectivity index (χ2v) is 11.3. The van der Waals surface area contributed by atoms with Gasteiger partial charge in [0.1, 0.15) is 23.3 Å². The number of hydrogen-bond donors (Lipinski definition) is 0. The minimum absolute atomic E-state index is 0.481. The Bertz CT molecular complexity index is 2430. The molecule has 8 aromatic rings. The van der Waals surface area contributed by atoms with Crippen LogP contribution in [0.1, 0.15) is 11.1 Å². The van der Waals surface area contributed by atoms with E-state index in [2.05, 4.69) is 36.4 Å².